The molecule has 0 heterocycles. The zero-order chi connectivity index (χ0) is 23.0. The molecule has 0 spiro atoms. The number of halogens is 1. The summed E-state index contributed by atoms with van der Waals surface area (Å²) < 4.78 is 0. The second-order valence-corrected chi connectivity index (χ2v) is 8.36. The summed E-state index contributed by atoms with van der Waals surface area (Å²) in [5.41, 5.74) is 1.97. The maximum Gasteiger partial charge on any atom is 0.251 e. The Labute approximate surface area is 188 Å². The van der Waals surface area contributed by atoms with Crippen molar-refractivity contribution < 1.29 is 14.4 Å². The first-order valence-corrected chi connectivity index (χ1v) is 10.8. The molecule has 6 nitrogen and oxygen atoms in total. The van der Waals surface area contributed by atoms with E-state index in [1.165, 1.54) is 0 Å². The predicted molar refractivity (Wildman–Crippen MR) is 124 cm³/mol. The van der Waals surface area contributed by atoms with E-state index < -0.39 is 6.04 Å². The van der Waals surface area contributed by atoms with E-state index in [-0.39, 0.29) is 36.1 Å². The number of anilines is 1. The van der Waals surface area contributed by atoms with E-state index in [0.717, 1.165) is 12.0 Å². The molecule has 0 radical (unpaired) electrons. The molecule has 166 valence electrons. The van der Waals surface area contributed by atoms with E-state index in [9.17, 15) is 14.4 Å². The molecule has 0 fully saturated rings. The molecule has 2 rings (SSSR count). The lowest BCUT2D eigenvalue weighted by Gasteiger charge is -2.22. The average molecular weight is 444 g/mol. The summed E-state index contributed by atoms with van der Waals surface area (Å²) >= 11 is 5.87. The van der Waals surface area contributed by atoms with E-state index in [0.29, 0.717) is 16.3 Å². The summed E-state index contributed by atoms with van der Waals surface area (Å²) in [5, 5.41) is 9.10. The van der Waals surface area contributed by atoms with Crippen molar-refractivity contribution >= 4 is 35.0 Å². The molecule has 2 aromatic rings. The monoisotopic (exact) mass is 443 g/mol. The van der Waals surface area contributed by atoms with Crippen LogP contribution in [0.5, 0.6) is 0 Å². The first kappa shape index (κ1) is 24.4. The van der Waals surface area contributed by atoms with Crippen LogP contribution in [0.15, 0.2) is 48.5 Å². The van der Waals surface area contributed by atoms with Crippen LogP contribution in [-0.2, 0) is 16.1 Å². The van der Waals surface area contributed by atoms with Crippen molar-refractivity contribution in [3.8, 4) is 0 Å². The zero-order valence-electron chi connectivity index (χ0n) is 18.4. The summed E-state index contributed by atoms with van der Waals surface area (Å²) in [6.45, 7) is 7.87. The molecule has 0 aromatic heterocycles. The van der Waals surface area contributed by atoms with Crippen molar-refractivity contribution in [3.63, 3.8) is 0 Å². The number of nitrogens with one attached hydrogen (secondary N) is 3. The lowest BCUT2D eigenvalue weighted by atomic mass is 10.0. The van der Waals surface area contributed by atoms with Gasteiger partial charge in [-0.25, -0.2) is 0 Å². The summed E-state index contributed by atoms with van der Waals surface area (Å²) in [4.78, 5) is 37.4. The lowest BCUT2D eigenvalue weighted by Crippen LogP contribution is -2.49. The third-order valence-electron chi connectivity index (χ3n) is 5.06. The van der Waals surface area contributed by atoms with Crippen molar-refractivity contribution in [3.05, 3.63) is 64.7 Å². The van der Waals surface area contributed by atoms with Gasteiger partial charge in [-0.15, -0.1) is 0 Å². The van der Waals surface area contributed by atoms with Crippen LogP contribution in [-0.4, -0.2) is 23.8 Å². The van der Waals surface area contributed by atoms with Gasteiger partial charge in [-0.2, -0.15) is 0 Å². The maximum absolute atomic E-state index is 12.8. The molecule has 3 N–H and O–H groups in total. The fourth-order valence-corrected chi connectivity index (χ4v) is 3.00. The van der Waals surface area contributed by atoms with E-state index in [2.05, 4.69) is 16.0 Å². The molecule has 0 bridgehead atoms. The number of rotatable bonds is 9. The zero-order valence-corrected chi connectivity index (χ0v) is 19.1. The lowest BCUT2D eigenvalue weighted by molar-refractivity contribution is -0.124. The highest BCUT2D eigenvalue weighted by Crippen LogP contribution is 2.14. The van der Waals surface area contributed by atoms with Crippen molar-refractivity contribution in [2.24, 2.45) is 11.8 Å². The smallest absolute Gasteiger partial charge is 0.251 e. The summed E-state index contributed by atoms with van der Waals surface area (Å²) in [6.07, 6.45) is 0.764. The van der Waals surface area contributed by atoms with Crippen LogP contribution in [0.1, 0.15) is 50.0 Å². The van der Waals surface area contributed by atoms with E-state index >= 15 is 0 Å². The molecule has 2 atom stereocenters. The first-order chi connectivity index (χ1) is 14.7. The average Bonchev–Trinajstić information content (AvgIpc) is 2.75. The van der Waals surface area contributed by atoms with E-state index in [4.69, 9.17) is 11.6 Å². The SMILES string of the molecule is CCC(C)C(=O)Nc1cccc(CNC(=O)C(NC(=O)c2ccc(Cl)cc2)C(C)C)c1. The molecule has 3 amide bonds. The summed E-state index contributed by atoms with van der Waals surface area (Å²) in [6, 6.07) is 13.2. The van der Waals surface area contributed by atoms with Crippen LogP contribution in [0.3, 0.4) is 0 Å². The molecular formula is C24H30ClN3O3. The van der Waals surface area contributed by atoms with Crippen molar-refractivity contribution in [2.75, 3.05) is 5.32 Å². The normalized spacial score (nSPS) is 12.7. The molecule has 31 heavy (non-hydrogen) atoms. The minimum absolute atomic E-state index is 0.0338. The number of benzene rings is 2. The first-order valence-electron chi connectivity index (χ1n) is 10.4. The highest BCUT2D eigenvalue weighted by molar-refractivity contribution is 6.30. The maximum atomic E-state index is 12.8. The Kier molecular flexibility index (Phi) is 9.06. The van der Waals surface area contributed by atoms with Crippen LogP contribution in [0.2, 0.25) is 5.02 Å². The Morgan fingerprint density at radius 1 is 0.968 bits per heavy atom. The van der Waals surface area contributed by atoms with Crippen LogP contribution in [0.4, 0.5) is 5.69 Å². The number of hydrogen-bond acceptors (Lipinski definition) is 3. The highest BCUT2D eigenvalue weighted by Gasteiger charge is 2.24. The van der Waals surface area contributed by atoms with Crippen molar-refractivity contribution in [1.82, 2.24) is 10.6 Å². The van der Waals surface area contributed by atoms with Gasteiger partial charge in [0.05, 0.1) is 0 Å². The minimum atomic E-state index is -0.684. The van der Waals surface area contributed by atoms with Gasteiger partial charge < -0.3 is 16.0 Å². The van der Waals surface area contributed by atoms with Crippen LogP contribution < -0.4 is 16.0 Å². The largest absolute Gasteiger partial charge is 0.350 e. The van der Waals surface area contributed by atoms with Gasteiger partial charge in [0, 0.05) is 28.7 Å². The highest BCUT2D eigenvalue weighted by atomic mass is 35.5. The fraction of sp³-hybridized carbons (Fsp3) is 0.375. The van der Waals surface area contributed by atoms with Crippen LogP contribution in [0.25, 0.3) is 0 Å². The predicted octanol–water partition coefficient (Wildman–Crippen LogP) is 4.40. The second kappa shape index (κ2) is 11.5. The topological polar surface area (TPSA) is 87.3 Å². The number of hydrogen-bond donors (Lipinski definition) is 3. The standard InChI is InChI=1S/C24H30ClN3O3/c1-5-16(4)22(29)27-20-8-6-7-17(13-20)14-26-24(31)21(15(2)3)28-23(30)18-9-11-19(25)12-10-18/h6-13,15-16,21H,5,14H2,1-4H3,(H,26,31)(H,27,29)(H,28,30). The van der Waals surface area contributed by atoms with Crippen molar-refractivity contribution in [1.29, 1.82) is 0 Å². The van der Waals surface area contributed by atoms with Gasteiger partial charge in [-0.05, 0) is 54.3 Å². The minimum Gasteiger partial charge on any atom is -0.350 e. The second-order valence-electron chi connectivity index (χ2n) is 7.92. The van der Waals surface area contributed by atoms with Gasteiger partial charge in [0.2, 0.25) is 11.8 Å². The van der Waals surface area contributed by atoms with Crippen LogP contribution >= 0.6 is 11.6 Å². The molecule has 0 aliphatic carbocycles. The van der Waals surface area contributed by atoms with E-state index in [1.807, 2.05) is 52.0 Å². The van der Waals surface area contributed by atoms with Gasteiger partial charge >= 0.3 is 0 Å². The molecule has 0 aliphatic heterocycles. The molecule has 2 unspecified atom stereocenters. The molecular weight excluding hydrogens is 414 g/mol. The Morgan fingerprint density at radius 3 is 2.26 bits per heavy atom. The summed E-state index contributed by atoms with van der Waals surface area (Å²) in [7, 11) is 0. The molecule has 2 aromatic carbocycles. The molecule has 7 heteroatoms. The van der Waals surface area contributed by atoms with Gasteiger partial charge in [0.15, 0.2) is 0 Å². The molecule has 0 saturated carbocycles. The van der Waals surface area contributed by atoms with Gasteiger partial charge in [0.1, 0.15) is 6.04 Å². The van der Waals surface area contributed by atoms with Gasteiger partial charge in [0.25, 0.3) is 5.91 Å². The Bertz CT molecular complexity index is 913. The number of carbonyl (C=O) groups is 3. The third kappa shape index (κ3) is 7.40. The number of amides is 3. The Morgan fingerprint density at radius 2 is 1.65 bits per heavy atom. The molecule has 0 aliphatic rings. The Balaban J connectivity index is 1.98. The van der Waals surface area contributed by atoms with Crippen LogP contribution in [0, 0.1) is 11.8 Å². The Hall–Kier alpha value is -2.86. The van der Waals surface area contributed by atoms with Crippen molar-refractivity contribution in [2.45, 2.75) is 46.7 Å². The van der Waals surface area contributed by atoms with Gasteiger partial charge in [-0.3, -0.25) is 14.4 Å². The summed E-state index contributed by atoms with van der Waals surface area (Å²) in [5.74, 6) is -0.808. The third-order valence-corrected chi connectivity index (χ3v) is 5.32. The van der Waals surface area contributed by atoms with E-state index in [1.54, 1.807) is 24.3 Å². The fourth-order valence-electron chi connectivity index (χ4n) is 2.87. The number of carbonyl (C=O) groups excluding carboxylic acids is 3. The quantitative estimate of drug-likeness (QED) is 0.537. The van der Waals surface area contributed by atoms with Gasteiger partial charge in [-0.1, -0.05) is 51.4 Å². The molecule has 0 saturated heterocycles.